The van der Waals surface area contributed by atoms with E-state index in [0.717, 1.165) is 19.6 Å². The number of hydrogen-bond acceptors (Lipinski definition) is 6. The molecule has 1 aliphatic rings. The zero-order chi connectivity index (χ0) is 14.0. The average Bonchev–Trinajstić information content (AvgIpc) is 2.79. The Labute approximate surface area is 115 Å². The summed E-state index contributed by atoms with van der Waals surface area (Å²) >= 11 is 0. The largest absolute Gasteiger partial charge is 0.368 e. The fourth-order valence-corrected chi connectivity index (χ4v) is 2.38. The van der Waals surface area contributed by atoms with Crippen LogP contribution >= 0.6 is 0 Å². The molecule has 1 aromatic rings. The van der Waals surface area contributed by atoms with Crippen molar-refractivity contribution in [1.82, 2.24) is 15.0 Å². The summed E-state index contributed by atoms with van der Waals surface area (Å²) in [5.41, 5.74) is 6.00. The molecule has 19 heavy (non-hydrogen) atoms. The van der Waals surface area contributed by atoms with E-state index in [1.54, 1.807) is 0 Å². The lowest BCUT2D eigenvalue weighted by Crippen LogP contribution is -2.31. The summed E-state index contributed by atoms with van der Waals surface area (Å²) < 4.78 is 0. The molecule has 2 heterocycles. The van der Waals surface area contributed by atoms with Gasteiger partial charge in [-0.1, -0.05) is 20.8 Å². The van der Waals surface area contributed by atoms with E-state index in [1.807, 2.05) is 11.9 Å². The molecule has 0 aromatic carbocycles. The van der Waals surface area contributed by atoms with Crippen LogP contribution < -0.4 is 15.5 Å². The first-order valence-electron chi connectivity index (χ1n) is 6.83. The fraction of sp³-hybridized carbons (Fsp3) is 0.769. The van der Waals surface area contributed by atoms with Crippen molar-refractivity contribution in [2.75, 3.05) is 42.2 Å². The van der Waals surface area contributed by atoms with E-state index >= 15 is 0 Å². The van der Waals surface area contributed by atoms with Crippen molar-refractivity contribution in [3.05, 3.63) is 0 Å². The minimum Gasteiger partial charge on any atom is -0.368 e. The molecule has 2 rings (SSSR count). The van der Waals surface area contributed by atoms with Gasteiger partial charge in [-0.2, -0.15) is 15.0 Å². The molecule has 2 N–H and O–H groups in total. The number of nitrogens with two attached hydrogens (primary N) is 1. The smallest absolute Gasteiger partial charge is 0.231 e. The van der Waals surface area contributed by atoms with Crippen LogP contribution in [0.25, 0.3) is 0 Å². The topological polar surface area (TPSA) is 71.2 Å². The quantitative estimate of drug-likeness (QED) is 0.893. The van der Waals surface area contributed by atoms with Crippen LogP contribution in [0.15, 0.2) is 0 Å². The standard InChI is InChI=1S/C13H24N6/c1-13(2,3)9-18(4)11-15-10(14)16-12(17-11)19-7-5-6-8-19/h5-9H2,1-4H3,(H2,14,15,16,17). The molecule has 0 atom stereocenters. The van der Waals surface area contributed by atoms with Crippen molar-refractivity contribution in [2.24, 2.45) is 5.41 Å². The van der Waals surface area contributed by atoms with Crippen LogP contribution in [0.5, 0.6) is 0 Å². The van der Waals surface area contributed by atoms with Crippen LogP contribution in [0.2, 0.25) is 0 Å². The monoisotopic (exact) mass is 264 g/mol. The van der Waals surface area contributed by atoms with Crippen molar-refractivity contribution >= 4 is 17.8 Å². The van der Waals surface area contributed by atoms with E-state index in [9.17, 15) is 0 Å². The number of hydrogen-bond donors (Lipinski definition) is 1. The zero-order valence-electron chi connectivity index (χ0n) is 12.3. The summed E-state index contributed by atoms with van der Waals surface area (Å²) in [5.74, 6) is 1.66. The summed E-state index contributed by atoms with van der Waals surface area (Å²) in [6.45, 7) is 9.45. The molecule has 0 radical (unpaired) electrons. The zero-order valence-corrected chi connectivity index (χ0v) is 12.3. The van der Waals surface area contributed by atoms with Crippen LogP contribution in [0, 0.1) is 5.41 Å². The molecule has 0 spiro atoms. The van der Waals surface area contributed by atoms with Gasteiger partial charge in [0.1, 0.15) is 0 Å². The Morgan fingerprint density at radius 1 is 1.16 bits per heavy atom. The third-order valence-corrected chi connectivity index (χ3v) is 3.07. The van der Waals surface area contributed by atoms with Gasteiger partial charge in [-0.25, -0.2) is 0 Å². The maximum atomic E-state index is 5.81. The van der Waals surface area contributed by atoms with Gasteiger partial charge in [0.05, 0.1) is 0 Å². The highest BCUT2D eigenvalue weighted by atomic mass is 15.3. The Morgan fingerprint density at radius 2 is 1.79 bits per heavy atom. The first-order chi connectivity index (χ1) is 8.85. The molecule has 0 unspecified atom stereocenters. The van der Waals surface area contributed by atoms with Crippen molar-refractivity contribution in [2.45, 2.75) is 33.6 Å². The summed E-state index contributed by atoms with van der Waals surface area (Å²) in [6.07, 6.45) is 2.39. The predicted molar refractivity (Wildman–Crippen MR) is 78.4 cm³/mol. The number of aromatic nitrogens is 3. The molecule has 0 saturated carbocycles. The molecule has 0 bridgehead atoms. The fourth-order valence-electron chi connectivity index (χ4n) is 2.38. The number of nitrogen functional groups attached to an aromatic ring is 1. The third kappa shape index (κ3) is 3.68. The van der Waals surface area contributed by atoms with Gasteiger partial charge in [-0.05, 0) is 18.3 Å². The van der Waals surface area contributed by atoms with E-state index in [2.05, 4.69) is 40.6 Å². The summed E-state index contributed by atoms with van der Waals surface area (Å²) in [4.78, 5) is 17.3. The Morgan fingerprint density at radius 3 is 2.37 bits per heavy atom. The van der Waals surface area contributed by atoms with Crippen LogP contribution in [-0.2, 0) is 0 Å². The predicted octanol–water partition coefficient (Wildman–Crippen LogP) is 1.54. The van der Waals surface area contributed by atoms with Gasteiger partial charge < -0.3 is 15.5 Å². The van der Waals surface area contributed by atoms with Gasteiger partial charge in [0, 0.05) is 26.7 Å². The molecular formula is C13H24N6. The Hall–Kier alpha value is -1.59. The van der Waals surface area contributed by atoms with Crippen LogP contribution in [-0.4, -0.2) is 41.6 Å². The second-order valence-electron chi connectivity index (χ2n) is 6.40. The maximum Gasteiger partial charge on any atom is 0.231 e. The van der Waals surface area contributed by atoms with Gasteiger partial charge in [0.25, 0.3) is 0 Å². The van der Waals surface area contributed by atoms with E-state index in [0.29, 0.717) is 17.8 Å². The number of nitrogens with zero attached hydrogens (tertiary/aromatic N) is 5. The Bertz CT molecular complexity index is 433. The lowest BCUT2D eigenvalue weighted by molar-refractivity contribution is 0.416. The summed E-state index contributed by atoms with van der Waals surface area (Å²) in [7, 11) is 1.99. The molecule has 106 valence electrons. The van der Waals surface area contributed by atoms with Gasteiger partial charge in [-0.15, -0.1) is 0 Å². The van der Waals surface area contributed by atoms with E-state index in [1.165, 1.54) is 12.8 Å². The number of anilines is 3. The van der Waals surface area contributed by atoms with E-state index in [4.69, 9.17) is 5.73 Å². The first kappa shape index (κ1) is 13.8. The molecule has 1 aliphatic heterocycles. The molecule has 0 amide bonds. The highest BCUT2D eigenvalue weighted by Crippen LogP contribution is 2.21. The van der Waals surface area contributed by atoms with E-state index in [-0.39, 0.29) is 5.41 Å². The highest BCUT2D eigenvalue weighted by Gasteiger charge is 2.20. The molecule has 6 nitrogen and oxygen atoms in total. The SMILES string of the molecule is CN(CC(C)(C)C)c1nc(N)nc(N2CCCC2)n1. The third-order valence-electron chi connectivity index (χ3n) is 3.07. The van der Waals surface area contributed by atoms with Crippen molar-refractivity contribution < 1.29 is 0 Å². The van der Waals surface area contributed by atoms with Gasteiger partial charge in [-0.3, -0.25) is 0 Å². The second-order valence-corrected chi connectivity index (χ2v) is 6.40. The number of rotatable bonds is 3. The van der Waals surface area contributed by atoms with Crippen LogP contribution in [0.1, 0.15) is 33.6 Å². The highest BCUT2D eigenvalue weighted by molar-refractivity contribution is 5.43. The molecule has 1 fully saturated rings. The molecule has 1 saturated heterocycles. The Kier molecular flexibility index (Phi) is 3.78. The second kappa shape index (κ2) is 5.19. The molecule has 1 aromatic heterocycles. The lowest BCUT2D eigenvalue weighted by Gasteiger charge is -2.27. The Balaban J connectivity index is 2.20. The van der Waals surface area contributed by atoms with Gasteiger partial charge >= 0.3 is 0 Å². The minimum atomic E-state index is 0.184. The maximum absolute atomic E-state index is 5.81. The average molecular weight is 264 g/mol. The summed E-state index contributed by atoms with van der Waals surface area (Å²) in [5, 5.41) is 0. The lowest BCUT2D eigenvalue weighted by atomic mass is 9.96. The van der Waals surface area contributed by atoms with Crippen molar-refractivity contribution in [1.29, 1.82) is 0 Å². The van der Waals surface area contributed by atoms with E-state index < -0.39 is 0 Å². The first-order valence-corrected chi connectivity index (χ1v) is 6.83. The van der Waals surface area contributed by atoms with Crippen molar-refractivity contribution in [3.8, 4) is 0 Å². The molecule has 6 heteroatoms. The molecular weight excluding hydrogens is 240 g/mol. The van der Waals surface area contributed by atoms with Gasteiger partial charge in [0.15, 0.2) is 0 Å². The van der Waals surface area contributed by atoms with Crippen LogP contribution in [0.4, 0.5) is 17.8 Å². The minimum absolute atomic E-state index is 0.184. The normalized spacial score (nSPS) is 15.9. The summed E-state index contributed by atoms with van der Waals surface area (Å²) in [6, 6.07) is 0. The van der Waals surface area contributed by atoms with Gasteiger partial charge in [0.2, 0.25) is 17.8 Å². The van der Waals surface area contributed by atoms with Crippen molar-refractivity contribution in [3.63, 3.8) is 0 Å². The van der Waals surface area contributed by atoms with Crippen LogP contribution in [0.3, 0.4) is 0 Å². The molecule has 0 aliphatic carbocycles.